The van der Waals surface area contributed by atoms with E-state index in [4.69, 9.17) is 10.7 Å². The quantitative estimate of drug-likeness (QED) is 0.544. The Bertz CT molecular complexity index is 934. The van der Waals surface area contributed by atoms with Gasteiger partial charge in [-0.25, -0.2) is 4.98 Å². The molecule has 3 rings (SSSR count). The van der Waals surface area contributed by atoms with Gasteiger partial charge in [-0.05, 0) is 39.3 Å². The molecule has 1 aromatic carbocycles. The molecule has 0 atom stereocenters. The number of benzene rings is 1. The third kappa shape index (κ3) is 5.01. The normalized spacial score (nSPS) is 11.0. The molecular formula is C20H27N7S. The smallest absolute Gasteiger partial charge is 0.232 e. The Morgan fingerprint density at radius 1 is 1.04 bits per heavy atom. The number of aryl methyl sites for hydroxylation is 2. The van der Waals surface area contributed by atoms with Gasteiger partial charge >= 0.3 is 0 Å². The Kier molecular flexibility index (Phi) is 6.51. The molecule has 2 aromatic heterocycles. The summed E-state index contributed by atoms with van der Waals surface area (Å²) in [5, 5.41) is 4.19. The highest BCUT2D eigenvalue weighted by Crippen LogP contribution is 2.25. The lowest BCUT2D eigenvalue weighted by Crippen LogP contribution is -2.07. The average molecular weight is 398 g/mol. The Morgan fingerprint density at radius 3 is 2.50 bits per heavy atom. The molecule has 0 amide bonds. The Morgan fingerprint density at radius 2 is 1.79 bits per heavy atom. The zero-order valence-electron chi connectivity index (χ0n) is 16.9. The van der Waals surface area contributed by atoms with Crippen LogP contribution < -0.4 is 11.1 Å². The summed E-state index contributed by atoms with van der Waals surface area (Å²) in [6.45, 7) is 9.39. The van der Waals surface area contributed by atoms with E-state index in [1.54, 1.807) is 11.8 Å². The van der Waals surface area contributed by atoms with Crippen LogP contribution in [0, 0.1) is 20.8 Å². The van der Waals surface area contributed by atoms with Crippen molar-refractivity contribution in [3.63, 3.8) is 0 Å². The van der Waals surface area contributed by atoms with Crippen LogP contribution in [0.25, 0.3) is 0 Å². The molecule has 0 radical (unpaired) electrons. The number of imidazole rings is 1. The lowest BCUT2D eigenvalue weighted by Gasteiger charge is -2.10. The van der Waals surface area contributed by atoms with E-state index in [1.807, 2.05) is 38.1 Å². The van der Waals surface area contributed by atoms with Crippen LogP contribution in [-0.2, 0) is 12.3 Å². The van der Waals surface area contributed by atoms with Crippen LogP contribution in [0.3, 0.4) is 0 Å². The van der Waals surface area contributed by atoms with Gasteiger partial charge in [0, 0.05) is 17.9 Å². The fourth-order valence-corrected chi connectivity index (χ4v) is 3.74. The first-order valence-electron chi connectivity index (χ1n) is 9.47. The predicted molar refractivity (Wildman–Crippen MR) is 115 cm³/mol. The third-order valence-electron chi connectivity index (χ3n) is 4.50. The summed E-state index contributed by atoms with van der Waals surface area (Å²) in [6.07, 6.45) is 2.28. The monoisotopic (exact) mass is 397 g/mol. The Balaban J connectivity index is 1.74. The van der Waals surface area contributed by atoms with Gasteiger partial charge in [-0.2, -0.15) is 15.0 Å². The molecule has 0 fully saturated rings. The number of nitrogens with two attached hydrogens (primary N) is 1. The lowest BCUT2D eigenvalue weighted by molar-refractivity contribution is 0.575. The Labute approximate surface area is 170 Å². The van der Waals surface area contributed by atoms with Gasteiger partial charge in [-0.15, -0.1) is 0 Å². The van der Waals surface area contributed by atoms with E-state index < -0.39 is 0 Å². The largest absolute Gasteiger partial charge is 0.368 e. The summed E-state index contributed by atoms with van der Waals surface area (Å²) in [4.78, 5) is 17.7. The van der Waals surface area contributed by atoms with Gasteiger partial charge in [0.2, 0.25) is 11.9 Å². The van der Waals surface area contributed by atoms with E-state index in [2.05, 4.69) is 38.7 Å². The van der Waals surface area contributed by atoms with Gasteiger partial charge in [0.1, 0.15) is 5.82 Å². The molecule has 0 aliphatic heterocycles. The molecule has 0 saturated carbocycles. The molecule has 0 unspecified atom stereocenters. The summed E-state index contributed by atoms with van der Waals surface area (Å²) in [7, 11) is 0. The summed E-state index contributed by atoms with van der Waals surface area (Å²) in [5.74, 6) is 1.88. The second kappa shape index (κ2) is 9.05. The maximum atomic E-state index is 5.90. The first-order chi connectivity index (χ1) is 13.5. The van der Waals surface area contributed by atoms with Gasteiger partial charge in [-0.1, -0.05) is 42.8 Å². The van der Waals surface area contributed by atoms with Crippen molar-refractivity contribution in [2.45, 2.75) is 58.0 Å². The predicted octanol–water partition coefficient (Wildman–Crippen LogP) is 4.41. The standard InChI is InChI=1S/C20H27N7S/c1-5-6-11-27-15(4)14(3)22-20(27)28-12-17-24-18(21)26-19(25-17)23-16-9-7-13(2)8-10-16/h7-10H,5-6,11-12H2,1-4H3,(H3,21,23,24,25,26). The number of anilines is 3. The van der Waals surface area contributed by atoms with E-state index in [1.165, 1.54) is 11.3 Å². The van der Waals surface area contributed by atoms with Crippen molar-refractivity contribution in [3.8, 4) is 0 Å². The van der Waals surface area contributed by atoms with Crippen molar-refractivity contribution in [2.75, 3.05) is 11.1 Å². The molecule has 0 bridgehead atoms. The number of aromatic nitrogens is 5. The fraction of sp³-hybridized carbons (Fsp3) is 0.400. The zero-order chi connectivity index (χ0) is 20.1. The number of nitrogens with one attached hydrogen (secondary N) is 1. The Hall–Kier alpha value is -2.61. The van der Waals surface area contributed by atoms with Crippen molar-refractivity contribution in [2.24, 2.45) is 0 Å². The number of nitrogen functional groups attached to an aromatic ring is 1. The molecule has 8 heteroatoms. The van der Waals surface area contributed by atoms with Gasteiger partial charge in [0.25, 0.3) is 0 Å². The summed E-state index contributed by atoms with van der Waals surface area (Å²) in [5.41, 5.74) is 10.3. The van der Waals surface area contributed by atoms with Crippen LogP contribution in [0.1, 0.15) is 42.5 Å². The van der Waals surface area contributed by atoms with Gasteiger partial charge in [0.05, 0.1) is 11.4 Å². The number of hydrogen-bond acceptors (Lipinski definition) is 7. The molecule has 0 aliphatic rings. The highest BCUT2D eigenvalue weighted by molar-refractivity contribution is 7.98. The molecule has 0 saturated heterocycles. The fourth-order valence-electron chi connectivity index (χ4n) is 2.77. The van der Waals surface area contributed by atoms with Crippen LogP contribution in [0.4, 0.5) is 17.6 Å². The second-order valence-corrected chi connectivity index (χ2v) is 7.73. The topological polar surface area (TPSA) is 94.5 Å². The van der Waals surface area contributed by atoms with Crippen LogP contribution >= 0.6 is 11.8 Å². The lowest BCUT2D eigenvalue weighted by atomic mass is 10.2. The minimum absolute atomic E-state index is 0.210. The summed E-state index contributed by atoms with van der Waals surface area (Å²) >= 11 is 1.63. The molecular weight excluding hydrogens is 370 g/mol. The zero-order valence-corrected chi connectivity index (χ0v) is 17.7. The minimum atomic E-state index is 0.210. The molecule has 3 aromatic rings. The van der Waals surface area contributed by atoms with Crippen LogP contribution in [0.5, 0.6) is 0 Å². The molecule has 2 heterocycles. The van der Waals surface area contributed by atoms with Gasteiger partial charge in [0.15, 0.2) is 5.16 Å². The van der Waals surface area contributed by atoms with Crippen LogP contribution in [-0.4, -0.2) is 24.5 Å². The maximum absolute atomic E-state index is 5.90. The van der Waals surface area contributed by atoms with Gasteiger partial charge in [-0.3, -0.25) is 0 Å². The van der Waals surface area contributed by atoms with Crippen molar-refractivity contribution in [1.29, 1.82) is 0 Å². The van der Waals surface area contributed by atoms with Crippen molar-refractivity contribution in [3.05, 3.63) is 47.0 Å². The van der Waals surface area contributed by atoms with E-state index in [-0.39, 0.29) is 5.95 Å². The molecule has 3 N–H and O–H groups in total. The SMILES string of the molecule is CCCCn1c(SCc2nc(N)nc(Nc3ccc(C)cc3)n2)nc(C)c1C. The molecule has 0 aliphatic carbocycles. The van der Waals surface area contributed by atoms with E-state index in [0.717, 1.165) is 35.9 Å². The number of hydrogen-bond donors (Lipinski definition) is 2. The summed E-state index contributed by atoms with van der Waals surface area (Å²) in [6, 6.07) is 8.04. The third-order valence-corrected chi connectivity index (χ3v) is 5.47. The summed E-state index contributed by atoms with van der Waals surface area (Å²) < 4.78 is 2.28. The molecule has 148 valence electrons. The van der Waals surface area contributed by atoms with Crippen LogP contribution in [0.2, 0.25) is 0 Å². The van der Waals surface area contributed by atoms with E-state index in [0.29, 0.717) is 17.5 Å². The first-order valence-corrected chi connectivity index (χ1v) is 10.5. The minimum Gasteiger partial charge on any atom is -0.368 e. The van der Waals surface area contributed by atoms with Crippen molar-refractivity contribution < 1.29 is 0 Å². The number of rotatable bonds is 8. The molecule has 0 spiro atoms. The number of unbranched alkanes of at least 4 members (excludes halogenated alkanes) is 1. The highest BCUT2D eigenvalue weighted by atomic mass is 32.2. The van der Waals surface area contributed by atoms with Crippen molar-refractivity contribution in [1.82, 2.24) is 24.5 Å². The van der Waals surface area contributed by atoms with Crippen molar-refractivity contribution >= 4 is 29.3 Å². The maximum Gasteiger partial charge on any atom is 0.232 e. The molecule has 28 heavy (non-hydrogen) atoms. The average Bonchev–Trinajstić information content (AvgIpc) is 2.93. The van der Waals surface area contributed by atoms with E-state index >= 15 is 0 Å². The number of nitrogens with zero attached hydrogens (tertiary/aromatic N) is 5. The first kappa shape index (κ1) is 20.1. The van der Waals surface area contributed by atoms with E-state index in [9.17, 15) is 0 Å². The van der Waals surface area contributed by atoms with Gasteiger partial charge < -0.3 is 15.6 Å². The van der Waals surface area contributed by atoms with Crippen LogP contribution in [0.15, 0.2) is 29.4 Å². The highest BCUT2D eigenvalue weighted by Gasteiger charge is 2.13. The molecule has 7 nitrogen and oxygen atoms in total. The second-order valence-electron chi connectivity index (χ2n) is 6.78. The number of thioether (sulfide) groups is 1.